The Morgan fingerprint density at radius 2 is 2.09 bits per heavy atom. The molecule has 1 N–H and O–H groups in total. The van der Waals surface area contributed by atoms with Crippen LogP contribution < -0.4 is 0 Å². The molecule has 11 heavy (non-hydrogen) atoms. The highest BCUT2D eigenvalue weighted by Gasteiger charge is 2.20. The van der Waals surface area contributed by atoms with Crippen molar-refractivity contribution >= 4 is 22.6 Å². The molecule has 2 nitrogen and oxygen atoms in total. The van der Waals surface area contributed by atoms with Gasteiger partial charge >= 0.3 is 0 Å². The van der Waals surface area contributed by atoms with Gasteiger partial charge in [0.1, 0.15) is 0 Å². The first kappa shape index (κ1) is 9.42. The predicted octanol–water partition coefficient (Wildman–Crippen LogP) is 3.26. The summed E-state index contributed by atoms with van der Waals surface area (Å²) in [7, 11) is 0. The van der Waals surface area contributed by atoms with Crippen molar-refractivity contribution < 1.29 is 0 Å². The molecule has 0 aromatic heterocycles. The van der Waals surface area contributed by atoms with Gasteiger partial charge in [-0.05, 0) is 31.1 Å². The molecule has 0 saturated heterocycles. The van der Waals surface area contributed by atoms with Gasteiger partial charge in [-0.2, -0.15) is 5.11 Å². The van der Waals surface area contributed by atoms with E-state index < -0.39 is 0 Å². The van der Waals surface area contributed by atoms with Crippen molar-refractivity contribution in [2.24, 2.45) is 17.0 Å². The molecular weight excluding hydrogens is 251 g/mol. The lowest BCUT2D eigenvalue weighted by molar-refractivity contribution is 0.292. The van der Waals surface area contributed by atoms with Crippen molar-refractivity contribution in [1.82, 2.24) is 0 Å². The van der Waals surface area contributed by atoms with Crippen LogP contribution in [0.5, 0.6) is 0 Å². The van der Waals surface area contributed by atoms with Gasteiger partial charge in [0, 0.05) is 4.43 Å². The quantitative estimate of drug-likeness (QED) is 0.462. The Bertz CT molecular complexity index is 127. The molecule has 1 aliphatic carbocycles. The zero-order valence-corrected chi connectivity index (χ0v) is 8.88. The first-order valence-corrected chi connectivity index (χ1v) is 5.78. The van der Waals surface area contributed by atoms with Gasteiger partial charge in [0.2, 0.25) is 0 Å². The van der Waals surface area contributed by atoms with Crippen molar-refractivity contribution in [3.05, 3.63) is 0 Å². The maximum absolute atomic E-state index is 6.78. The van der Waals surface area contributed by atoms with E-state index in [0.717, 1.165) is 18.4 Å². The normalized spacial score (nSPS) is 31.7. The summed E-state index contributed by atoms with van der Waals surface area (Å²) < 4.78 is 1.28. The minimum atomic E-state index is 0.723. The van der Waals surface area contributed by atoms with Gasteiger partial charge in [0.25, 0.3) is 0 Å². The van der Waals surface area contributed by atoms with Crippen LogP contribution in [0.25, 0.3) is 0 Å². The Labute approximate surface area is 81.8 Å². The number of hydrogen-bond acceptors (Lipinski definition) is 2. The Balaban J connectivity index is 2.27. The molecule has 1 rings (SSSR count). The summed E-state index contributed by atoms with van der Waals surface area (Å²) in [5.41, 5.74) is 6.78. The number of alkyl halides is 1. The van der Waals surface area contributed by atoms with Gasteiger partial charge < -0.3 is 0 Å². The third-order valence-electron chi connectivity index (χ3n) is 2.46. The molecular formula is C8H15IN2. The van der Waals surface area contributed by atoms with E-state index in [-0.39, 0.29) is 0 Å². The van der Waals surface area contributed by atoms with E-state index in [2.05, 4.69) is 27.7 Å². The zero-order valence-electron chi connectivity index (χ0n) is 6.72. The van der Waals surface area contributed by atoms with E-state index in [1.807, 2.05) is 0 Å². The fourth-order valence-corrected chi connectivity index (χ4v) is 2.64. The average Bonchev–Trinajstić information content (AvgIpc) is 2.06. The maximum atomic E-state index is 6.78. The summed E-state index contributed by atoms with van der Waals surface area (Å²) in [5, 5.41) is 3.48. The van der Waals surface area contributed by atoms with E-state index in [1.165, 1.54) is 30.1 Å². The first-order valence-electron chi connectivity index (χ1n) is 4.26. The molecule has 0 aromatic rings. The van der Waals surface area contributed by atoms with Crippen molar-refractivity contribution in [2.75, 3.05) is 11.0 Å². The highest BCUT2D eigenvalue weighted by molar-refractivity contribution is 14.1. The molecule has 1 saturated carbocycles. The monoisotopic (exact) mass is 266 g/mol. The summed E-state index contributed by atoms with van der Waals surface area (Å²) in [5.74, 6) is 1.64. The molecule has 64 valence electrons. The fraction of sp³-hybridized carbons (Fsp3) is 1.00. The van der Waals surface area contributed by atoms with Crippen LogP contribution in [-0.2, 0) is 0 Å². The number of halogens is 1. The molecule has 0 aliphatic heterocycles. The van der Waals surface area contributed by atoms with Gasteiger partial charge in [-0.1, -0.05) is 29.0 Å². The number of nitrogens with zero attached hydrogens (tertiary/aromatic N) is 1. The predicted molar refractivity (Wildman–Crippen MR) is 54.3 cm³/mol. The lowest BCUT2D eigenvalue weighted by Crippen LogP contribution is -2.18. The summed E-state index contributed by atoms with van der Waals surface area (Å²) in [6.45, 7) is 0.771. The Kier molecular flexibility index (Phi) is 4.33. The summed E-state index contributed by atoms with van der Waals surface area (Å²) in [6, 6.07) is 0. The largest absolute Gasteiger partial charge is 0.210 e. The molecule has 0 heterocycles. The van der Waals surface area contributed by atoms with E-state index in [1.54, 1.807) is 0 Å². The van der Waals surface area contributed by atoms with Crippen LogP contribution in [0.15, 0.2) is 5.11 Å². The molecule has 0 aromatic carbocycles. The molecule has 0 amide bonds. The van der Waals surface area contributed by atoms with Crippen LogP contribution >= 0.6 is 22.6 Å². The summed E-state index contributed by atoms with van der Waals surface area (Å²) in [4.78, 5) is 0. The van der Waals surface area contributed by atoms with Gasteiger partial charge in [-0.3, -0.25) is 0 Å². The first-order chi connectivity index (χ1) is 5.36. The van der Waals surface area contributed by atoms with Crippen LogP contribution in [0.3, 0.4) is 0 Å². The molecule has 0 spiro atoms. The summed E-state index contributed by atoms with van der Waals surface area (Å²) >= 11 is 2.47. The van der Waals surface area contributed by atoms with E-state index >= 15 is 0 Å². The SMILES string of the molecule is N=NCC1CCCC(CI)C1. The van der Waals surface area contributed by atoms with Gasteiger partial charge in [-0.25, -0.2) is 5.53 Å². The third kappa shape index (κ3) is 3.05. The van der Waals surface area contributed by atoms with E-state index in [0.29, 0.717) is 0 Å². The van der Waals surface area contributed by atoms with E-state index in [4.69, 9.17) is 5.53 Å². The fourth-order valence-electron chi connectivity index (χ4n) is 1.84. The number of rotatable bonds is 3. The third-order valence-corrected chi connectivity index (χ3v) is 3.70. The van der Waals surface area contributed by atoms with Gasteiger partial charge in [0.15, 0.2) is 0 Å². The van der Waals surface area contributed by atoms with Gasteiger partial charge in [0.05, 0.1) is 6.54 Å². The lowest BCUT2D eigenvalue weighted by Gasteiger charge is -2.26. The Morgan fingerprint density at radius 3 is 2.73 bits per heavy atom. The van der Waals surface area contributed by atoms with Crippen molar-refractivity contribution in [3.63, 3.8) is 0 Å². The molecule has 0 bridgehead atoms. The Hall–Kier alpha value is 0.330. The van der Waals surface area contributed by atoms with Crippen LogP contribution in [0.4, 0.5) is 0 Å². The molecule has 2 unspecified atom stereocenters. The minimum Gasteiger partial charge on any atom is -0.210 e. The van der Waals surface area contributed by atoms with Crippen LogP contribution in [0, 0.1) is 17.4 Å². The second kappa shape index (κ2) is 5.06. The summed E-state index contributed by atoms with van der Waals surface area (Å²) in [6.07, 6.45) is 5.37. The molecule has 1 fully saturated rings. The molecule has 2 atom stereocenters. The van der Waals surface area contributed by atoms with E-state index in [9.17, 15) is 0 Å². The van der Waals surface area contributed by atoms with Crippen molar-refractivity contribution in [3.8, 4) is 0 Å². The molecule has 0 radical (unpaired) electrons. The zero-order chi connectivity index (χ0) is 8.10. The average molecular weight is 266 g/mol. The maximum Gasteiger partial charge on any atom is 0.0624 e. The minimum absolute atomic E-state index is 0.723. The van der Waals surface area contributed by atoms with Crippen LogP contribution in [0.2, 0.25) is 0 Å². The van der Waals surface area contributed by atoms with Crippen LogP contribution in [0.1, 0.15) is 25.7 Å². The van der Waals surface area contributed by atoms with Crippen molar-refractivity contribution in [2.45, 2.75) is 25.7 Å². The van der Waals surface area contributed by atoms with Gasteiger partial charge in [-0.15, -0.1) is 0 Å². The lowest BCUT2D eigenvalue weighted by atomic mass is 9.82. The van der Waals surface area contributed by atoms with Crippen molar-refractivity contribution in [1.29, 1.82) is 5.53 Å². The second-order valence-corrected chi connectivity index (χ2v) is 4.27. The smallest absolute Gasteiger partial charge is 0.0624 e. The molecule has 3 heteroatoms. The van der Waals surface area contributed by atoms with Crippen LogP contribution in [-0.4, -0.2) is 11.0 Å². The number of nitrogens with one attached hydrogen (secondary N) is 1. The highest BCUT2D eigenvalue weighted by Crippen LogP contribution is 2.30. The Morgan fingerprint density at radius 1 is 1.36 bits per heavy atom. The molecule has 1 aliphatic rings. The second-order valence-electron chi connectivity index (χ2n) is 3.39. The topological polar surface area (TPSA) is 36.2 Å². The number of hydrogen-bond donors (Lipinski definition) is 1. The standard InChI is InChI=1S/C8H15IN2/c9-5-7-2-1-3-8(4-7)6-11-10/h7-8,10H,1-6H2. The highest BCUT2D eigenvalue weighted by atomic mass is 127.